The van der Waals surface area contributed by atoms with E-state index in [4.69, 9.17) is 10.5 Å². The number of rotatable bonds is 6. The van der Waals surface area contributed by atoms with Gasteiger partial charge in [-0.05, 0) is 38.5 Å². The Morgan fingerprint density at radius 3 is 2.24 bits per heavy atom. The molecule has 1 rings (SSSR count). The van der Waals surface area contributed by atoms with E-state index in [-0.39, 0.29) is 0 Å². The van der Waals surface area contributed by atoms with Crippen molar-refractivity contribution in [3.05, 3.63) is 29.8 Å². The molecule has 1 aromatic rings. The molecule has 0 aromatic heterocycles. The molecule has 0 radical (unpaired) electrons. The fraction of sp³-hybridized carbons (Fsp3) is 0.571. The Hall–Kier alpha value is -1.06. The highest BCUT2D eigenvalue weighted by Crippen LogP contribution is 2.22. The van der Waals surface area contributed by atoms with Crippen molar-refractivity contribution in [1.82, 2.24) is 4.90 Å². The van der Waals surface area contributed by atoms with Crippen molar-refractivity contribution in [2.45, 2.75) is 32.9 Å². The minimum atomic E-state index is 0.380. The average molecular weight is 236 g/mol. The van der Waals surface area contributed by atoms with E-state index in [1.807, 2.05) is 12.1 Å². The summed E-state index contributed by atoms with van der Waals surface area (Å²) in [5.41, 5.74) is 7.82. The SMILES string of the molecule is COCCN(C(C)C)C(C)c1ccc(N)cc1. The van der Waals surface area contributed by atoms with Crippen LogP contribution in [0.15, 0.2) is 24.3 Å². The van der Waals surface area contributed by atoms with Crippen molar-refractivity contribution in [3.8, 4) is 0 Å². The zero-order valence-electron chi connectivity index (χ0n) is 11.3. The molecule has 1 unspecified atom stereocenters. The van der Waals surface area contributed by atoms with Crippen LogP contribution in [0.5, 0.6) is 0 Å². The molecule has 1 aromatic carbocycles. The van der Waals surface area contributed by atoms with Crippen molar-refractivity contribution in [2.75, 3.05) is 26.0 Å². The first-order valence-electron chi connectivity index (χ1n) is 6.16. The van der Waals surface area contributed by atoms with E-state index in [9.17, 15) is 0 Å². The predicted molar refractivity (Wildman–Crippen MR) is 73.0 cm³/mol. The monoisotopic (exact) mass is 236 g/mol. The summed E-state index contributed by atoms with van der Waals surface area (Å²) < 4.78 is 5.17. The number of nitrogen functional groups attached to an aromatic ring is 1. The van der Waals surface area contributed by atoms with E-state index >= 15 is 0 Å². The van der Waals surface area contributed by atoms with E-state index in [0.717, 1.165) is 18.8 Å². The fourth-order valence-corrected chi connectivity index (χ4v) is 2.06. The molecule has 0 aliphatic carbocycles. The molecule has 0 amide bonds. The first kappa shape index (κ1) is 14.0. The first-order chi connectivity index (χ1) is 8.06. The second kappa shape index (κ2) is 6.62. The molecule has 0 heterocycles. The lowest BCUT2D eigenvalue weighted by molar-refractivity contribution is 0.102. The molecule has 2 N–H and O–H groups in total. The molecule has 3 heteroatoms. The Kier molecular flexibility index (Phi) is 5.45. The summed E-state index contributed by atoms with van der Waals surface area (Å²) >= 11 is 0. The van der Waals surface area contributed by atoms with Crippen LogP contribution in [0.2, 0.25) is 0 Å². The lowest BCUT2D eigenvalue weighted by atomic mass is 10.1. The molecule has 0 fully saturated rings. The third-order valence-electron chi connectivity index (χ3n) is 3.13. The molecule has 17 heavy (non-hydrogen) atoms. The van der Waals surface area contributed by atoms with Gasteiger partial charge in [-0.25, -0.2) is 0 Å². The molecular formula is C14H24N2O. The summed E-state index contributed by atoms with van der Waals surface area (Å²) in [6.07, 6.45) is 0. The summed E-state index contributed by atoms with van der Waals surface area (Å²) in [7, 11) is 1.74. The fourth-order valence-electron chi connectivity index (χ4n) is 2.06. The van der Waals surface area contributed by atoms with Crippen LogP contribution in [0.25, 0.3) is 0 Å². The van der Waals surface area contributed by atoms with Crippen LogP contribution in [0.3, 0.4) is 0 Å². The summed E-state index contributed by atoms with van der Waals surface area (Å²) in [4.78, 5) is 2.43. The number of anilines is 1. The molecule has 0 aliphatic heterocycles. The van der Waals surface area contributed by atoms with Crippen LogP contribution in [-0.4, -0.2) is 31.2 Å². The van der Waals surface area contributed by atoms with E-state index < -0.39 is 0 Å². The van der Waals surface area contributed by atoms with Gasteiger partial charge in [0, 0.05) is 31.4 Å². The Bertz CT molecular complexity index is 321. The van der Waals surface area contributed by atoms with Crippen LogP contribution in [0.4, 0.5) is 5.69 Å². The second-order valence-corrected chi connectivity index (χ2v) is 4.67. The molecule has 3 nitrogen and oxygen atoms in total. The van der Waals surface area contributed by atoms with Crippen LogP contribution in [0.1, 0.15) is 32.4 Å². The van der Waals surface area contributed by atoms with Crippen molar-refractivity contribution in [1.29, 1.82) is 0 Å². The molecule has 0 aliphatic rings. The maximum atomic E-state index is 5.71. The molecular weight excluding hydrogens is 212 g/mol. The summed E-state index contributed by atoms with van der Waals surface area (Å²) in [6.45, 7) is 8.35. The molecule has 0 bridgehead atoms. The van der Waals surface area contributed by atoms with Gasteiger partial charge in [0.2, 0.25) is 0 Å². The van der Waals surface area contributed by atoms with E-state index in [2.05, 4.69) is 37.8 Å². The van der Waals surface area contributed by atoms with Crippen LogP contribution in [0, 0.1) is 0 Å². The zero-order valence-corrected chi connectivity index (χ0v) is 11.3. The number of hydrogen-bond donors (Lipinski definition) is 1. The maximum Gasteiger partial charge on any atom is 0.0590 e. The number of nitrogens with two attached hydrogens (primary N) is 1. The van der Waals surface area contributed by atoms with Gasteiger partial charge in [0.1, 0.15) is 0 Å². The predicted octanol–water partition coefficient (Wildman–Crippen LogP) is 2.69. The van der Waals surface area contributed by atoms with Gasteiger partial charge in [-0.15, -0.1) is 0 Å². The Morgan fingerprint density at radius 2 is 1.76 bits per heavy atom. The topological polar surface area (TPSA) is 38.5 Å². The number of ether oxygens (including phenoxy) is 1. The van der Waals surface area contributed by atoms with Crippen molar-refractivity contribution in [2.24, 2.45) is 0 Å². The number of benzene rings is 1. The summed E-state index contributed by atoms with van der Waals surface area (Å²) in [5.74, 6) is 0. The second-order valence-electron chi connectivity index (χ2n) is 4.67. The first-order valence-corrected chi connectivity index (χ1v) is 6.16. The van der Waals surface area contributed by atoms with Gasteiger partial charge in [-0.1, -0.05) is 12.1 Å². The van der Waals surface area contributed by atoms with Crippen LogP contribution >= 0.6 is 0 Å². The van der Waals surface area contributed by atoms with Crippen molar-refractivity contribution < 1.29 is 4.74 Å². The van der Waals surface area contributed by atoms with Gasteiger partial charge in [0.25, 0.3) is 0 Å². The molecule has 0 saturated heterocycles. The highest BCUT2D eigenvalue weighted by molar-refractivity contribution is 5.40. The summed E-state index contributed by atoms with van der Waals surface area (Å²) in [5, 5.41) is 0. The van der Waals surface area contributed by atoms with Crippen molar-refractivity contribution in [3.63, 3.8) is 0 Å². The number of hydrogen-bond acceptors (Lipinski definition) is 3. The Balaban J connectivity index is 2.76. The summed E-state index contributed by atoms with van der Waals surface area (Å²) in [6, 6.07) is 8.99. The quantitative estimate of drug-likeness (QED) is 0.772. The van der Waals surface area contributed by atoms with Crippen molar-refractivity contribution >= 4 is 5.69 Å². The smallest absolute Gasteiger partial charge is 0.0590 e. The van der Waals surface area contributed by atoms with E-state index in [0.29, 0.717) is 12.1 Å². The van der Waals surface area contributed by atoms with E-state index in [1.54, 1.807) is 7.11 Å². The highest BCUT2D eigenvalue weighted by atomic mass is 16.5. The van der Waals surface area contributed by atoms with E-state index in [1.165, 1.54) is 5.56 Å². The molecule has 1 atom stereocenters. The van der Waals surface area contributed by atoms with Crippen LogP contribution in [-0.2, 0) is 4.74 Å². The maximum absolute atomic E-state index is 5.71. The number of methoxy groups -OCH3 is 1. The van der Waals surface area contributed by atoms with Gasteiger partial charge >= 0.3 is 0 Å². The Labute approximate surface area is 105 Å². The highest BCUT2D eigenvalue weighted by Gasteiger charge is 2.18. The van der Waals surface area contributed by atoms with Gasteiger partial charge in [-0.3, -0.25) is 4.90 Å². The lowest BCUT2D eigenvalue weighted by Crippen LogP contribution is -2.36. The van der Waals surface area contributed by atoms with Gasteiger partial charge < -0.3 is 10.5 Å². The normalized spacial score (nSPS) is 13.3. The number of nitrogens with zero attached hydrogens (tertiary/aromatic N) is 1. The third-order valence-corrected chi connectivity index (χ3v) is 3.13. The standard InChI is InChI=1S/C14H24N2O/c1-11(2)16(9-10-17-4)12(3)13-5-7-14(15)8-6-13/h5-8,11-12H,9-10,15H2,1-4H3. The van der Waals surface area contributed by atoms with Gasteiger partial charge in [0.15, 0.2) is 0 Å². The third kappa shape index (κ3) is 4.02. The Morgan fingerprint density at radius 1 is 1.18 bits per heavy atom. The largest absolute Gasteiger partial charge is 0.399 e. The zero-order chi connectivity index (χ0) is 12.8. The molecule has 0 spiro atoms. The molecule has 0 saturated carbocycles. The van der Waals surface area contributed by atoms with Gasteiger partial charge in [-0.2, -0.15) is 0 Å². The average Bonchev–Trinajstić information content (AvgIpc) is 2.29. The lowest BCUT2D eigenvalue weighted by Gasteiger charge is -2.32. The minimum Gasteiger partial charge on any atom is -0.399 e. The minimum absolute atomic E-state index is 0.380. The van der Waals surface area contributed by atoms with Gasteiger partial charge in [0.05, 0.1) is 6.61 Å². The molecule has 96 valence electrons. The van der Waals surface area contributed by atoms with Crippen LogP contribution < -0.4 is 5.73 Å².